The number of aromatic carboxylic acids is 1. The molecule has 1 aromatic heterocycles. The van der Waals surface area contributed by atoms with Gasteiger partial charge in [-0.25, -0.2) is 14.8 Å². The van der Waals surface area contributed by atoms with Gasteiger partial charge in [-0.2, -0.15) is 0 Å². The molecule has 22 heavy (non-hydrogen) atoms. The zero-order valence-corrected chi connectivity index (χ0v) is 13.0. The Morgan fingerprint density at radius 1 is 1.14 bits per heavy atom. The molecule has 6 nitrogen and oxygen atoms in total. The average molecular weight is 317 g/mol. The summed E-state index contributed by atoms with van der Waals surface area (Å²) in [6, 6.07) is 7.86. The first-order valence-electron chi connectivity index (χ1n) is 6.52. The SMILES string of the molecule is Cc1cc(C)nc(SCC(=O)Nc2ccc(C(=O)O)cc2)n1. The van der Waals surface area contributed by atoms with E-state index in [0.717, 1.165) is 11.4 Å². The van der Waals surface area contributed by atoms with E-state index in [2.05, 4.69) is 15.3 Å². The Kier molecular flexibility index (Phi) is 5.11. The minimum absolute atomic E-state index is 0.177. The van der Waals surface area contributed by atoms with Gasteiger partial charge in [-0.05, 0) is 44.2 Å². The fourth-order valence-corrected chi connectivity index (χ4v) is 2.53. The third kappa shape index (κ3) is 4.56. The maximum absolute atomic E-state index is 11.9. The molecule has 0 bridgehead atoms. The quantitative estimate of drug-likeness (QED) is 0.650. The highest BCUT2D eigenvalue weighted by Crippen LogP contribution is 2.15. The van der Waals surface area contributed by atoms with Crippen LogP contribution >= 0.6 is 11.8 Å². The lowest BCUT2D eigenvalue weighted by atomic mass is 10.2. The lowest BCUT2D eigenvalue weighted by Gasteiger charge is -2.06. The molecule has 2 N–H and O–H groups in total. The van der Waals surface area contributed by atoms with Crippen molar-refractivity contribution in [3.63, 3.8) is 0 Å². The molecule has 2 aromatic rings. The van der Waals surface area contributed by atoms with Gasteiger partial charge in [-0.1, -0.05) is 11.8 Å². The van der Waals surface area contributed by atoms with Crippen LogP contribution in [0.3, 0.4) is 0 Å². The van der Waals surface area contributed by atoms with Gasteiger partial charge in [0.2, 0.25) is 5.91 Å². The van der Waals surface area contributed by atoms with Crippen LogP contribution in [0.1, 0.15) is 21.7 Å². The van der Waals surface area contributed by atoms with Crippen molar-refractivity contribution in [3.8, 4) is 0 Å². The van der Waals surface area contributed by atoms with Gasteiger partial charge in [0.25, 0.3) is 0 Å². The Bertz CT molecular complexity index is 681. The predicted octanol–water partition coefficient (Wildman–Crippen LogP) is 2.52. The fourth-order valence-electron chi connectivity index (χ4n) is 1.78. The summed E-state index contributed by atoms with van der Waals surface area (Å²) in [5.74, 6) is -1.01. The third-order valence-electron chi connectivity index (χ3n) is 2.71. The highest BCUT2D eigenvalue weighted by atomic mass is 32.2. The lowest BCUT2D eigenvalue weighted by Crippen LogP contribution is -2.14. The Labute approximate surface area is 132 Å². The summed E-state index contributed by atoms with van der Waals surface area (Å²) in [5, 5.41) is 12.1. The van der Waals surface area contributed by atoms with Crippen molar-refractivity contribution in [2.24, 2.45) is 0 Å². The Morgan fingerprint density at radius 2 is 1.73 bits per heavy atom. The predicted molar refractivity (Wildman–Crippen MR) is 84.3 cm³/mol. The van der Waals surface area contributed by atoms with Crippen LogP contribution in [-0.2, 0) is 4.79 Å². The molecule has 0 spiro atoms. The number of thioether (sulfide) groups is 1. The molecule has 0 saturated heterocycles. The number of carboxylic acid groups (broad SMARTS) is 1. The summed E-state index contributed by atoms with van der Waals surface area (Å²) in [7, 11) is 0. The molecule has 1 amide bonds. The number of aryl methyl sites for hydroxylation is 2. The summed E-state index contributed by atoms with van der Waals surface area (Å²) >= 11 is 1.26. The molecule has 0 aliphatic heterocycles. The fraction of sp³-hybridized carbons (Fsp3) is 0.200. The van der Waals surface area contributed by atoms with Crippen LogP contribution < -0.4 is 5.32 Å². The second-order valence-electron chi connectivity index (χ2n) is 4.65. The molecule has 1 heterocycles. The second kappa shape index (κ2) is 7.04. The maximum Gasteiger partial charge on any atom is 0.335 e. The number of nitrogens with one attached hydrogen (secondary N) is 1. The Morgan fingerprint density at radius 3 is 2.27 bits per heavy atom. The van der Waals surface area contributed by atoms with Crippen molar-refractivity contribution < 1.29 is 14.7 Å². The molecule has 1 aromatic carbocycles. The van der Waals surface area contributed by atoms with Crippen molar-refractivity contribution in [2.75, 3.05) is 11.1 Å². The number of hydrogen-bond donors (Lipinski definition) is 2. The molecule has 2 rings (SSSR count). The Hall–Kier alpha value is -2.41. The standard InChI is InChI=1S/C15H15N3O3S/c1-9-7-10(2)17-15(16-9)22-8-13(19)18-12-5-3-11(4-6-12)14(20)21/h3-7H,8H2,1-2H3,(H,18,19)(H,20,21). The van der Waals surface area contributed by atoms with Crippen LogP contribution in [0.2, 0.25) is 0 Å². The van der Waals surface area contributed by atoms with E-state index in [1.54, 1.807) is 12.1 Å². The number of amides is 1. The van der Waals surface area contributed by atoms with E-state index >= 15 is 0 Å². The molecular formula is C15H15N3O3S. The average Bonchev–Trinajstić information content (AvgIpc) is 2.45. The molecular weight excluding hydrogens is 302 g/mol. The van der Waals surface area contributed by atoms with E-state index in [1.807, 2.05) is 19.9 Å². The topological polar surface area (TPSA) is 92.2 Å². The highest BCUT2D eigenvalue weighted by Gasteiger charge is 2.07. The summed E-state index contributed by atoms with van der Waals surface area (Å²) in [6.45, 7) is 3.76. The molecule has 0 aliphatic rings. The van der Waals surface area contributed by atoms with Crippen LogP contribution in [-0.4, -0.2) is 32.7 Å². The van der Waals surface area contributed by atoms with E-state index in [1.165, 1.54) is 23.9 Å². The second-order valence-corrected chi connectivity index (χ2v) is 5.60. The van der Waals surface area contributed by atoms with Gasteiger partial charge in [-0.3, -0.25) is 4.79 Å². The summed E-state index contributed by atoms with van der Waals surface area (Å²) in [4.78, 5) is 31.1. The number of benzene rings is 1. The minimum Gasteiger partial charge on any atom is -0.478 e. The molecule has 0 radical (unpaired) electrons. The molecule has 0 aliphatic carbocycles. The normalized spacial score (nSPS) is 10.3. The van der Waals surface area contributed by atoms with Gasteiger partial charge in [0.1, 0.15) is 0 Å². The lowest BCUT2D eigenvalue weighted by molar-refractivity contribution is -0.113. The van der Waals surface area contributed by atoms with Gasteiger partial charge in [0.15, 0.2) is 5.16 Å². The van der Waals surface area contributed by atoms with E-state index in [4.69, 9.17) is 5.11 Å². The van der Waals surface area contributed by atoms with Crippen LogP contribution in [0.25, 0.3) is 0 Å². The first-order valence-corrected chi connectivity index (χ1v) is 7.51. The first-order chi connectivity index (χ1) is 10.4. The molecule has 0 fully saturated rings. The number of carbonyl (C=O) groups is 2. The van der Waals surface area contributed by atoms with Gasteiger partial charge >= 0.3 is 5.97 Å². The third-order valence-corrected chi connectivity index (χ3v) is 3.56. The van der Waals surface area contributed by atoms with Crippen LogP contribution in [0.5, 0.6) is 0 Å². The molecule has 0 unspecified atom stereocenters. The highest BCUT2D eigenvalue weighted by molar-refractivity contribution is 7.99. The zero-order valence-electron chi connectivity index (χ0n) is 12.2. The van der Waals surface area contributed by atoms with Crippen molar-refractivity contribution in [2.45, 2.75) is 19.0 Å². The minimum atomic E-state index is -1.000. The monoisotopic (exact) mass is 317 g/mol. The van der Waals surface area contributed by atoms with E-state index in [-0.39, 0.29) is 17.2 Å². The molecule has 7 heteroatoms. The molecule has 0 saturated carbocycles. The smallest absolute Gasteiger partial charge is 0.335 e. The first kappa shape index (κ1) is 16.0. The van der Waals surface area contributed by atoms with Crippen LogP contribution in [0, 0.1) is 13.8 Å². The number of hydrogen-bond acceptors (Lipinski definition) is 5. The van der Waals surface area contributed by atoms with Gasteiger partial charge < -0.3 is 10.4 Å². The van der Waals surface area contributed by atoms with Crippen molar-refractivity contribution in [1.29, 1.82) is 0 Å². The number of nitrogens with zero attached hydrogens (tertiary/aromatic N) is 2. The van der Waals surface area contributed by atoms with E-state index in [0.29, 0.717) is 10.8 Å². The van der Waals surface area contributed by atoms with Crippen LogP contribution in [0.4, 0.5) is 5.69 Å². The van der Waals surface area contributed by atoms with Gasteiger partial charge in [0, 0.05) is 17.1 Å². The largest absolute Gasteiger partial charge is 0.478 e. The molecule has 0 atom stereocenters. The summed E-state index contributed by atoms with van der Waals surface area (Å²) in [5.41, 5.74) is 2.45. The van der Waals surface area contributed by atoms with E-state index in [9.17, 15) is 9.59 Å². The maximum atomic E-state index is 11.9. The Balaban J connectivity index is 1.91. The van der Waals surface area contributed by atoms with Crippen molar-refractivity contribution in [3.05, 3.63) is 47.3 Å². The van der Waals surface area contributed by atoms with Crippen LogP contribution in [0.15, 0.2) is 35.5 Å². The zero-order chi connectivity index (χ0) is 16.1. The summed E-state index contributed by atoms with van der Waals surface area (Å²) < 4.78 is 0. The van der Waals surface area contributed by atoms with E-state index < -0.39 is 5.97 Å². The van der Waals surface area contributed by atoms with Gasteiger partial charge in [-0.15, -0.1) is 0 Å². The number of carbonyl (C=O) groups excluding carboxylic acids is 1. The van der Waals surface area contributed by atoms with Crippen molar-refractivity contribution in [1.82, 2.24) is 9.97 Å². The van der Waals surface area contributed by atoms with Crippen molar-refractivity contribution >= 4 is 29.3 Å². The molecule has 114 valence electrons. The van der Waals surface area contributed by atoms with Gasteiger partial charge in [0.05, 0.1) is 11.3 Å². The number of rotatable bonds is 5. The number of aromatic nitrogens is 2. The number of anilines is 1. The number of carboxylic acids is 1. The summed E-state index contributed by atoms with van der Waals surface area (Å²) in [6.07, 6.45) is 0.